The van der Waals surface area contributed by atoms with Gasteiger partial charge in [-0.05, 0) is 42.3 Å². The molecule has 3 rings (SSSR count). The number of rotatable bonds is 3. The summed E-state index contributed by atoms with van der Waals surface area (Å²) < 4.78 is 1.16. The number of nitrogens with zero attached hydrogens (tertiary/aromatic N) is 1. The van der Waals surface area contributed by atoms with E-state index < -0.39 is 5.97 Å². The Balaban J connectivity index is 1.96. The zero-order valence-electron chi connectivity index (χ0n) is 11.0. The van der Waals surface area contributed by atoms with Crippen molar-refractivity contribution < 1.29 is 9.90 Å². The average molecular weight is 283 g/mol. The second-order valence-corrected chi connectivity index (χ2v) is 5.88. The van der Waals surface area contributed by atoms with Gasteiger partial charge in [-0.15, -0.1) is 11.3 Å². The summed E-state index contributed by atoms with van der Waals surface area (Å²) in [6.45, 7) is 1.91. The van der Waals surface area contributed by atoms with Crippen LogP contribution >= 0.6 is 11.3 Å². The van der Waals surface area contributed by atoms with Crippen LogP contribution in [0.2, 0.25) is 0 Å². The number of hydrogen-bond donors (Lipinski definition) is 1. The van der Waals surface area contributed by atoms with Crippen LogP contribution in [0, 0.1) is 6.92 Å². The van der Waals surface area contributed by atoms with Crippen LogP contribution in [0.25, 0.3) is 10.2 Å². The van der Waals surface area contributed by atoms with Gasteiger partial charge in [0.25, 0.3) is 0 Å². The van der Waals surface area contributed by atoms with E-state index in [0.717, 1.165) is 26.4 Å². The number of aryl methyl sites for hydroxylation is 1. The van der Waals surface area contributed by atoms with E-state index in [-0.39, 0.29) is 0 Å². The molecule has 1 N–H and O–H groups in total. The first-order chi connectivity index (χ1) is 9.61. The van der Waals surface area contributed by atoms with E-state index in [4.69, 9.17) is 5.11 Å². The first-order valence-corrected chi connectivity index (χ1v) is 7.12. The summed E-state index contributed by atoms with van der Waals surface area (Å²) in [5.41, 5.74) is 3.28. The molecule has 2 aromatic carbocycles. The molecule has 0 saturated carbocycles. The van der Waals surface area contributed by atoms with E-state index in [0.29, 0.717) is 12.0 Å². The Kier molecular flexibility index (Phi) is 3.24. The molecule has 1 aromatic heterocycles. The first kappa shape index (κ1) is 12.8. The van der Waals surface area contributed by atoms with Crippen molar-refractivity contribution in [2.45, 2.75) is 13.3 Å². The van der Waals surface area contributed by atoms with Crippen LogP contribution in [0.3, 0.4) is 0 Å². The van der Waals surface area contributed by atoms with E-state index >= 15 is 0 Å². The third-order valence-corrected chi connectivity index (χ3v) is 4.11. The molecule has 1 heterocycles. The van der Waals surface area contributed by atoms with Crippen LogP contribution in [-0.4, -0.2) is 16.1 Å². The zero-order valence-corrected chi connectivity index (χ0v) is 11.8. The maximum absolute atomic E-state index is 11.1. The van der Waals surface area contributed by atoms with Gasteiger partial charge in [-0.1, -0.05) is 18.2 Å². The quantitative estimate of drug-likeness (QED) is 0.793. The molecule has 4 heteroatoms. The van der Waals surface area contributed by atoms with Gasteiger partial charge >= 0.3 is 5.97 Å². The molecule has 0 bridgehead atoms. The van der Waals surface area contributed by atoms with Gasteiger partial charge in [0.1, 0.15) is 0 Å². The second kappa shape index (κ2) is 5.06. The minimum atomic E-state index is -0.890. The van der Waals surface area contributed by atoms with Gasteiger partial charge in [0.05, 0.1) is 20.8 Å². The number of carboxylic acid groups (broad SMARTS) is 1. The summed E-state index contributed by atoms with van der Waals surface area (Å²) >= 11 is 1.65. The molecule has 0 spiro atoms. The van der Waals surface area contributed by atoms with E-state index in [1.165, 1.54) is 0 Å². The maximum atomic E-state index is 11.1. The Labute approximate surface area is 120 Å². The number of aromatic nitrogens is 1. The van der Waals surface area contributed by atoms with Gasteiger partial charge in [-0.25, -0.2) is 9.78 Å². The molecule has 0 amide bonds. The molecule has 0 aliphatic rings. The minimum absolute atomic E-state index is 0.334. The molecule has 3 aromatic rings. The number of benzene rings is 2. The lowest BCUT2D eigenvalue weighted by Crippen LogP contribution is -1.99. The minimum Gasteiger partial charge on any atom is -0.478 e. The lowest BCUT2D eigenvalue weighted by molar-refractivity contribution is 0.0696. The Hall–Kier alpha value is -2.20. The van der Waals surface area contributed by atoms with Crippen molar-refractivity contribution in [3.63, 3.8) is 0 Å². The summed E-state index contributed by atoms with van der Waals surface area (Å²) in [7, 11) is 0. The predicted molar refractivity (Wildman–Crippen MR) is 80.6 cm³/mol. The number of para-hydroxylation sites is 1. The van der Waals surface area contributed by atoms with Gasteiger partial charge < -0.3 is 5.11 Å². The summed E-state index contributed by atoms with van der Waals surface area (Å²) in [6, 6.07) is 13.4. The van der Waals surface area contributed by atoms with Gasteiger partial charge in [-0.3, -0.25) is 0 Å². The third kappa shape index (κ3) is 2.56. The number of thiazole rings is 1. The number of hydrogen-bond acceptors (Lipinski definition) is 3. The molecule has 0 fully saturated rings. The van der Waals surface area contributed by atoms with Crippen molar-refractivity contribution in [3.8, 4) is 0 Å². The molecule has 0 aliphatic carbocycles. The summed E-state index contributed by atoms with van der Waals surface area (Å²) in [4.78, 5) is 15.7. The molecule has 0 radical (unpaired) electrons. The topological polar surface area (TPSA) is 50.2 Å². The molecular weight excluding hydrogens is 270 g/mol. The molecule has 0 aliphatic heterocycles. The van der Waals surface area contributed by atoms with Crippen molar-refractivity contribution >= 4 is 27.5 Å². The summed E-state index contributed by atoms with van der Waals surface area (Å²) in [6.07, 6.45) is 0.668. The molecule has 20 heavy (non-hydrogen) atoms. The zero-order chi connectivity index (χ0) is 14.1. The third-order valence-electron chi connectivity index (χ3n) is 3.08. The van der Waals surface area contributed by atoms with Gasteiger partial charge in [0.2, 0.25) is 0 Å². The second-order valence-electron chi connectivity index (χ2n) is 4.76. The van der Waals surface area contributed by atoms with Crippen molar-refractivity contribution in [1.29, 1.82) is 0 Å². The first-order valence-electron chi connectivity index (χ1n) is 6.30. The Morgan fingerprint density at radius 3 is 2.80 bits per heavy atom. The maximum Gasteiger partial charge on any atom is 0.335 e. The highest BCUT2D eigenvalue weighted by Gasteiger charge is 2.08. The fraction of sp³-hybridized carbons (Fsp3) is 0.125. The van der Waals surface area contributed by atoms with Crippen LogP contribution in [0.15, 0.2) is 42.5 Å². The van der Waals surface area contributed by atoms with Crippen molar-refractivity contribution in [3.05, 3.63) is 64.2 Å². The van der Waals surface area contributed by atoms with Gasteiger partial charge in [-0.2, -0.15) is 0 Å². The summed E-state index contributed by atoms with van der Waals surface area (Å²) in [5.74, 6) is -0.890. The average Bonchev–Trinajstić information content (AvgIpc) is 2.79. The van der Waals surface area contributed by atoms with Crippen LogP contribution < -0.4 is 0 Å². The highest BCUT2D eigenvalue weighted by molar-refractivity contribution is 7.18. The summed E-state index contributed by atoms with van der Waals surface area (Å²) in [5, 5.41) is 10.1. The SMILES string of the molecule is Cc1cc(Cc2nc3ccccc3s2)cc(C(=O)O)c1. The van der Waals surface area contributed by atoms with E-state index in [2.05, 4.69) is 11.1 Å². The Morgan fingerprint density at radius 2 is 2.05 bits per heavy atom. The molecule has 3 nitrogen and oxygen atoms in total. The lowest BCUT2D eigenvalue weighted by Gasteiger charge is -2.03. The number of carboxylic acids is 1. The normalized spacial score (nSPS) is 10.8. The van der Waals surface area contributed by atoms with Crippen LogP contribution in [0.5, 0.6) is 0 Å². The monoisotopic (exact) mass is 283 g/mol. The van der Waals surface area contributed by atoms with Crippen molar-refractivity contribution in [1.82, 2.24) is 4.98 Å². The fourth-order valence-electron chi connectivity index (χ4n) is 2.26. The number of fused-ring (bicyclic) bond motifs is 1. The lowest BCUT2D eigenvalue weighted by atomic mass is 10.0. The Bertz CT molecular complexity index is 759. The standard InChI is InChI=1S/C16H13NO2S/c1-10-6-11(8-12(7-10)16(18)19)9-15-17-13-4-2-3-5-14(13)20-15/h2-8H,9H2,1H3,(H,18,19). The molecule has 0 atom stereocenters. The van der Waals surface area contributed by atoms with Crippen molar-refractivity contribution in [2.24, 2.45) is 0 Å². The highest BCUT2D eigenvalue weighted by Crippen LogP contribution is 2.24. The smallest absolute Gasteiger partial charge is 0.335 e. The molecule has 0 unspecified atom stereocenters. The number of carbonyl (C=O) groups is 1. The van der Waals surface area contributed by atoms with E-state index in [9.17, 15) is 4.79 Å². The van der Waals surface area contributed by atoms with Crippen molar-refractivity contribution in [2.75, 3.05) is 0 Å². The number of aromatic carboxylic acids is 1. The Morgan fingerprint density at radius 1 is 1.25 bits per heavy atom. The molecule has 100 valence electrons. The molecule has 0 saturated heterocycles. The van der Waals surface area contributed by atoms with Gasteiger partial charge in [0.15, 0.2) is 0 Å². The van der Waals surface area contributed by atoms with E-state index in [1.807, 2.05) is 31.2 Å². The molecular formula is C16H13NO2S. The fourth-order valence-corrected chi connectivity index (χ4v) is 3.26. The van der Waals surface area contributed by atoms with Crippen LogP contribution in [-0.2, 0) is 6.42 Å². The van der Waals surface area contributed by atoms with E-state index in [1.54, 1.807) is 23.5 Å². The van der Waals surface area contributed by atoms with Crippen LogP contribution in [0.4, 0.5) is 0 Å². The largest absolute Gasteiger partial charge is 0.478 e. The predicted octanol–water partition coefficient (Wildman–Crippen LogP) is 3.89. The van der Waals surface area contributed by atoms with Crippen LogP contribution in [0.1, 0.15) is 26.5 Å². The highest BCUT2D eigenvalue weighted by atomic mass is 32.1. The van der Waals surface area contributed by atoms with Gasteiger partial charge in [0, 0.05) is 6.42 Å².